The van der Waals surface area contributed by atoms with Crippen LogP contribution in [-0.2, 0) is 6.42 Å². The van der Waals surface area contributed by atoms with Gasteiger partial charge in [0.15, 0.2) is 0 Å². The molecular formula is C16H16S. The normalized spacial score (nSPS) is 11.7. The molecule has 0 bridgehead atoms. The Bertz CT molecular complexity index is 661. The third kappa shape index (κ3) is 1.96. The summed E-state index contributed by atoms with van der Waals surface area (Å²) in [6.07, 6.45) is 1.17. The molecule has 0 spiro atoms. The fourth-order valence-corrected chi connectivity index (χ4v) is 3.46. The Kier molecular flexibility index (Phi) is 2.64. The van der Waals surface area contributed by atoms with E-state index in [0.717, 1.165) is 5.92 Å². The van der Waals surface area contributed by atoms with Gasteiger partial charge >= 0.3 is 0 Å². The van der Waals surface area contributed by atoms with Crippen LogP contribution in [0.1, 0.15) is 19.4 Å². The number of rotatable bonds is 2. The fraction of sp³-hybridized carbons (Fsp3) is 0.250. The molecule has 0 N–H and O–H groups in total. The molecule has 0 aliphatic rings. The van der Waals surface area contributed by atoms with Gasteiger partial charge in [-0.25, -0.2) is 0 Å². The van der Waals surface area contributed by atoms with Crippen molar-refractivity contribution in [2.24, 2.45) is 5.92 Å². The van der Waals surface area contributed by atoms with E-state index >= 15 is 0 Å². The average Bonchev–Trinajstić information content (AvgIpc) is 2.66. The molecule has 0 aliphatic carbocycles. The Balaban J connectivity index is 2.23. The maximum atomic E-state index is 2.37. The Morgan fingerprint density at radius 1 is 0.941 bits per heavy atom. The van der Waals surface area contributed by atoms with Gasteiger partial charge in [0, 0.05) is 20.2 Å². The Hall–Kier alpha value is -1.34. The van der Waals surface area contributed by atoms with Crippen LogP contribution in [0, 0.1) is 5.92 Å². The summed E-state index contributed by atoms with van der Waals surface area (Å²) in [6, 6.07) is 15.6. The van der Waals surface area contributed by atoms with Crippen molar-refractivity contribution in [1.82, 2.24) is 0 Å². The predicted molar refractivity (Wildman–Crippen MR) is 77.9 cm³/mol. The van der Waals surface area contributed by atoms with E-state index in [1.807, 2.05) is 11.3 Å². The summed E-state index contributed by atoms with van der Waals surface area (Å²) in [5.41, 5.74) is 1.45. The summed E-state index contributed by atoms with van der Waals surface area (Å²) in [7, 11) is 0. The first-order chi connectivity index (χ1) is 8.24. The molecule has 3 rings (SSSR count). The Morgan fingerprint density at radius 2 is 1.71 bits per heavy atom. The molecule has 0 unspecified atom stereocenters. The molecule has 3 aromatic rings. The first-order valence-electron chi connectivity index (χ1n) is 6.14. The quantitative estimate of drug-likeness (QED) is 0.573. The molecule has 0 amide bonds. The molecule has 1 heteroatoms. The first kappa shape index (κ1) is 10.8. The van der Waals surface area contributed by atoms with Crippen molar-refractivity contribution in [2.75, 3.05) is 0 Å². The molecule has 2 aromatic carbocycles. The van der Waals surface area contributed by atoms with Gasteiger partial charge in [-0.1, -0.05) is 38.1 Å². The first-order valence-corrected chi connectivity index (χ1v) is 6.96. The van der Waals surface area contributed by atoms with Gasteiger partial charge in [0.05, 0.1) is 0 Å². The van der Waals surface area contributed by atoms with E-state index < -0.39 is 0 Å². The van der Waals surface area contributed by atoms with Gasteiger partial charge in [0.2, 0.25) is 0 Å². The van der Waals surface area contributed by atoms with Gasteiger partial charge in [0.25, 0.3) is 0 Å². The lowest BCUT2D eigenvalue weighted by atomic mass is 10.0. The van der Waals surface area contributed by atoms with Crippen LogP contribution in [0.5, 0.6) is 0 Å². The van der Waals surface area contributed by atoms with E-state index in [-0.39, 0.29) is 0 Å². The van der Waals surface area contributed by atoms with Crippen LogP contribution in [0.25, 0.3) is 20.2 Å². The van der Waals surface area contributed by atoms with Gasteiger partial charge in [-0.3, -0.25) is 0 Å². The van der Waals surface area contributed by atoms with Crippen LogP contribution < -0.4 is 0 Å². The number of benzene rings is 2. The summed E-state index contributed by atoms with van der Waals surface area (Å²) in [5, 5.41) is 2.82. The van der Waals surface area contributed by atoms with Crippen LogP contribution in [0.2, 0.25) is 0 Å². The van der Waals surface area contributed by atoms with E-state index in [0.29, 0.717) is 0 Å². The zero-order valence-corrected chi connectivity index (χ0v) is 11.1. The van der Waals surface area contributed by atoms with Crippen molar-refractivity contribution in [2.45, 2.75) is 20.3 Å². The lowest BCUT2D eigenvalue weighted by Crippen LogP contribution is -1.92. The summed E-state index contributed by atoms with van der Waals surface area (Å²) >= 11 is 1.89. The number of thiophene rings is 1. The molecule has 1 heterocycles. The molecule has 17 heavy (non-hydrogen) atoms. The number of hydrogen-bond donors (Lipinski definition) is 0. The second-order valence-corrected chi connectivity index (χ2v) is 6.11. The summed E-state index contributed by atoms with van der Waals surface area (Å²) in [5.74, 6) is 0.720. The van der Waals surface area contributed by atoms with E-state index in [1.165, 1.54) is 32.2 Å². The third-order valence-electron chi connectivity index (χ3n) is 3.09. The number of fused-ring (bicyclic) bond motifs is 3. The lowest BCUT2D eigenvalue weighted by Gasteiger charge is -2.04. The summed E-state index contributed by atoms with van der Waals surface area (Å²) < 4.78 is 2.79. The van der Waals surface area contributed by atoms with Crippen LogP contribution >= 0.6 is 11.3 Å². The molecular weight excluding hydrogens is 224 g/mol. The van der Waals surface area contributed by atoms with Crippen molar-refractivity contribution in [3.8, 4) is 0 Å². The van der Waals surface area contributed by atoms with Crippen molar-refractivity contribution >= 4 is 31.5 Å². The van der Waals surface area contributed by atoms with Crippen LogP contribution in [0.3, 0.4) is 0 Å². The monoisotopic (exact) mass is 240 g/mol. The Morgan fingerprint density at radius 3 is 2.53 bits per heavy atom. The van der Waals surface area contributed by atoms with Crippen molar-refractivity contribution in [3.05, 3.63) is 48.0 Å². The highest BCUT2D eigenvalue weighted by molar-refractivity contribution is 7.25. The number of hydrogen-bond acceptors (Lipinski definition) is 1. The molecule has 0 atom stereocenters. The van der Waals surface area contributed by atoms with E-state index in [9.17, 15) is 0 Å². The maximum Gasteiger partial charge on any atom is 0.0355 e. The minimum atomic E-state index is 0.720. The van der Waals surface area contributed by atoms with Gasteiger partial charge < -0.3 is 0 Å². The average molecular weight is 240 g/mol. The maximum absolute atomic E-state index is 2.37. The summed E-state index contributed by atoms with van der Waals surface area (Å²) in [6.45, 7) is 4.55. The molecule has 0 aliphatic heterocycles. The smallest absolute Gasteiger partial charge is 0.0355 e. The van der Waals surface area contributed by atoms with Gasteiger partial charge in [-0.2, -0.15) is 0 Å². The largest absolute Gasteiger partial charge is 0.135 e. The highest BCUT2D eigenvalue weighted by Gasteiger charge is 2.05. The van der Waals surface area contributed by atoms with Gasteiger partial charge in [0.1, 0.15) is 0 Å². The van der Waals surface area contributed by atoms with Crippen LogP contribution in [-0.4, -0.2) is 0 Å². The minimum Gasteiger partial charge on any atom is -0.135 e. The standard InChI is InChI=1S/C16H16S/c1-11(2)9-12-7-8-16-14(10-12)13-5-3-4-6-15(13)17-16/h3-8,10-11H,9H2,1-2H3. The van der Waals surface area contributed by atoms with Crippen molar-refractivity contribution in [1.29, 1.82) is 0 Å². The molecule has 0 saturated carbocycles. The zero-order valence-electron chi connectivity index (χ0n) is 10.2. The van der Waals surface area contributed by atoms with Crippen molar-refractivity contribution < 1.29 is 0 Å². The molecule has 0 saturated heterocycles. The second kappa shape index (κ2) is 4.15. The lowest BCUT2D eigenvalue weighted by molar-refractivity contribution is 0.648. The summed E-state index contributed by atoms with van der Waals surface area (Å²) in [4.78, 5) is 0. The third-order valence-corrected chi connectivity index (χ3v) is 4.24. The van der Waals surface area contributed by atoms with Gasteiger partial charge in [-0.15, -0.1) is 11.3 Å². The van der Waals surface area contributed by atoms with Crippen LogP contribution in [0.15, 0.2) is 42.5 Å². The van der Waals surface area contributed by atoms with E-state index in [4.69, 9.17) is 0 Å². The Labute approximate surface area is 106 Å². The molecule has 0 nitrogen and oxygen atoms in total. The van der Waals surface area contributed by atoms with Gasteiger partial charge in [-0.05, 0) is 36.1 Å². The minimum absolute atomic E-state index is 0.720. The van der Waals surface area contributed by atoms with Crippen LogP contribution in [0.4, 0.5) is 0 Å². The topological polar surface area (TPSA) is 0 Å². The molecule has 0 radical (unpaired) electrons. The highest BCUT2D eigenvalue weighted by atomic mass is 32.1. The SMILES string of the molecule is CC(C)Cc1ccc2sc3ccccc3c2c1. The highest BCUT2D eigenvalue weighted by Crippen LogP contribution is 2.34. The van der Waals surface area contributed by atoms with E-state index in [1.54, 1.807) is 0 Å². The molecule has 1 aromatic heterocycles. The van der Waals surface area contributed by atoms with E-state index in [2.05, 4.69) is 56.3 Å². The van der Waals surface area contributed by atoms with Crippen molar-refractivity contribution in [3.63, 3.8) is 0 Å². The fourth-order valence-electron chi connectivity index (χ4n) is 2.37. The molecule has 86 valence electrons. The predicted octanol–water partition coefficient (Wildman–Crippen LogP) is 5.25. The second-order valence-electron chi connectivity index (χ2n) is 5.03. The zero-order chi connectivity index (χ0) is 11.8. The molecule has 0 fully saturated rings.